The van der Waals surface area contributed by atoms with E-state index in [1.165, 1.54) is 0 Å². The Morgan fingerprint density at radius 2 is 1.90 bits per heavy atom. The number of hydrogen-bond donors (Lipinski definition) is 2. The van der Waals surface area contributed by atoms with Gasteiger partial charge in [-0.25, -0.2) is 4.98 Å². The van der Waals surface area contributed by atoms with Gasteiger partial charge >= 0.3 is 0 Å². The van der Waals surface area contributed by atoms with Crippen molar-refractivity contribution < 1.29 is 0 Å². The molecule has 10 heteroatoms. The number of rotatable bonds is 8. The lowest BCUT2D eigenvalue weighted by Gasteiger charge is -2.45. The van der Waals surface area contributed by atoms with Crippen molar-refractivity contribution in [3.05, 3.63) is 48.9 Å². The topological polar surface area (TPSA) is 75.7 Å². The first kappa shape index (κ1) is 27.5. The van der Waals surface area contributed by atoms with Gasteiger partial charge in [-0.1, -0.05) is 19.9 Å². The Morgan fingerprint density at radius 3 is 2.72 bits per heavy atom. The predicted octanol–water partition coefficient (Wildman–Crippen LogP) is 3.62. The molecule has 2 fully saturated rings. The molecule has 9 nitrogen and oxygen atoms in total. The number of anilines is 3. The molecular formula is C29H41N9S. The molecule has 39 heavy (non-hydrogen) atoms. The van der Waals surface area contributed by atoms with Crippen molar-refractivity contribution >= 4 is 45.6 Å². The van der Waals surface area contributed by atoms with Crippen molar-refractivity contribution in [2.24, 2.45) is 5.92 Å². The van der Waals surface area contributed by atoms with E-state index in [1.807, 2.05) is 36.8 Å². The zero-order valence-electron chi connectivity index (χ0n) is 23.4. The van der Waals surface area contributed by atoms with E-state index in [4.69, 9.17) is 17.2 Å². The van der Waals surface area contributed by atoms with Crippen LogP contribution in [0.4, 0.5) is 17.3 Å². The van der Waals surface area contributed by atoms with Gasteiger partial charge < -0.3 is 30.2 Å². The quantitative estimate of drug-likeness (QED) is 0.323. The fraction of sp³-hybridized carbons (Fsp3) is 0.517. The van der Waals surface area contributed by atoms with E-state index in [1.54, 1.807) is 0 Å². The summed E-state index contributed by atoms with van der Waals surface area (Å²) in [7, 11) is 2.20. The Kier molecular flexibility index (Phi) is 9.06. The fourth-order valence-corrected chi connectivity index (χ4v) is 5.76. The molecule has 2 saturated heterocycles. The molecule has 0 bridgehead atoms. The third-order valence-corrected chi connectivity index (χ3v) is 8.17. The number of benzene rings is 1. The second kappa shape index (κ2) is 12.8. The summed E-state index contributed by atoms with van der Waals surface area (Å²) in [5.41, 5.74) is 1.95. The van der Waals surface area contributed by atoms with Crippen LogP contribution in [0.2, 0.25) is 0 Å². The number of fused-ring (bicyclic) bond motifs is 1. The van der Waals surface area contributed by atoms with Crippen molar-refractivity contribution in [3.8, 4) is 0 Å². The summed E-state index contributed by atoms with van der Waals surface area (Å²) in [5, 5.41) is 8.83. The number of aromatic nitrogens is 3. The minimum Gasteiger partial charge on any atom is -0.369 e. The highest BCUT2D eigenvalue weighted by Gasteiger charge is 2.32. The highest BCUT2D eigenvalue weighted by molar-refractivity contribution is 7.80. The smallest absolute Gasteiger partial charge is 0.173 e. The lowest BCUT2D eigenvalue weighted by molar-refractivity contribution is 0.154. The van der Waals surface area contributed by atoms with E-state index in [0.29, 0.717) is 5.92 Å². The van der Waals surface area contributed by atoms with Crippen LogP contribution in [0, 0.1) is 5.92 Å². The molecule has 2 N–H and O–H groups in total. The Morgan fingerprint density at radius 1 is 1.05 bits per heavy atom. The summed E-state index contributed by atoms with van der Waals surface area (Å²) in [6.45, 7) is 13.7. The third-order valence-electron chi connectivity index (χ3n) is 7.84. The summed E-state index contributed by atoms with van der Waals surface area (Å²) in [6, 6.07) is 10.4. The molecule has 208 valence electrons. The average Bonchev–Trinajstić information content (AvgIpc) is 2.96. The molecule has 4 heterocycles. The SMILES string of the molecule is CC(C)C1CN(c2cncc(NCCCN3CCN(C)CC3)n2)CCN1C(=S)Nc1cccc2ncccc12. The zero-order chi connectivity index (χ0) is 27.2. The largest absolute Gasteiger partial charge is 0.369 e. The van der Waals surface area contributed by atoms with Gasteiger partial charge in [0.2, 0.25) is 0 Å². The summed E-state index contributed by atoms with van der Waals surface area (Å²) in [4.78, 5) is 23.5. The van der Waals surface area contributed by atoms with E-state index in [9.17, 15) is 0 Å². The molecular weight excluding hydrogens is 506 g/mol. The first-order valence-corrected chi connectivity index (χ1v) is 14.5. The number of pyridine rings is 1. The predicted molar refractivity (Wildman–Crippen MR) is 165 cm³/mol. The van der Waals surface area contributed by atoms with Gasteiger partial charge in [0.1, 0.15) is 11.6 Å². The van der Waals surface area contributed by atoms with Gasteiger partial charge in [0.25, 0.3) is 0 Å². The van der Waals surface area contributed by atoms with Gasteiger partial charge in [-0.2, -0.15) is 0 Å². The molecule has 0 amide bonds. The van der Waals surface area contributed by atoms with Crippen LogP contribution in [0.15, 0.2) is 48.9 Å². The summed E-state index contributed by atoms with van der Waals surface area (Å²) < 4.78 is 0. The maximum Gasteiger partial charge on any atom is 0.173 e. The van der Waals surface area contributed by atoms with Crippen molar-refractivity contribution in [1.82, 2.24) is 29.7 Å². The van der Waals surface area contributed by atoms with Gasteiger partial charge in [-0.15, -0.1) is 0 Å². The Hall–Kier alpha value is -3.08. The number of hydrogen-bond acceptors (Lipinski definition) is 8. The highest BCUT2D eigenvalue weighted by atomic mass is 32.1. The Bertz CT molecular complexity index is 1240. The summed E-state index contributed by atoms with van der Waals surface area (Å²) in [6.07, 6.45) is 6.62. The second-order valence-electron chi connectivity index (χ2n) is 10.9. The number of likely N-dealkylation sites (N-methyl/N-ethyl adjacent to an activating group) is 1. The maximum absolute atomic E-state index is 5.94. The molecule has 2 aliphatic heterocycles. The van der Waals surface area contributed by atoms with Gasteiger partial charge in [-0.05, 0) is 62.4 Å². The van der Waals surface area contributed by atoms with Gasteiger partial charge in [0.05, 0.1) is 24.0 Å². The zero-order valence-corrected chi connectivity index (χ0v) is 24.2. The van der Waals surface area contributed by atoms with E-state index in [-0.39, 0.29) is 6.04 Å². The molecule has 5 rings (SSSR count). The Labute approximate surface area is 237 Å². The van der Waals surface area contributed by atoms with Gasteiger partial charge in [-0.3, -0.25) is 9.97 Å². The van der Waals surface area contributed by atoms with Crippen LogP contribution in [0.3, 0.4) is 0 Å². The van der Waals surface area contributed by atoms with E-state index in [0.717, 1.165) is 98.7 Å². The standard InChI is InChI=1S/C29H41N9S/c1-22(2)26-21-37(17-18-38(26)29(39)33-25-9-4-8-24-23(25)7-5-10-31-24)28-20-30-19-27(34-28)32-11-6-12-36-15-13-35(3)14-16-36/h4-5,7-10,19-20,22,26H,6,11-18,21H2,1-3H3,(H,32,34)(H,33,39). The van der Waals surface area contributed by atoms with Crippen LogP contribution in [-0.4, -0.2) is 107 Å². The number of thiocarbonyl (C=S) groups is 1. The van der Waals surface area contributed by atoms with Crippen LogP contribution in [0.1, 0.15) is 20.3 Å². The maximum atomic E-state index is 5.94. The number of nitrogens with one attached hydrogen (secondary N) is 2. The van der Waals surface area contributed by atoms with E-state index >= 15 is 0 Å². The third kappa shape index (κ3) is 6.93. The fourth-order valence-electron chi connectivity index (χ4n) is 5.42. The van der Waals surface area contributed by atoms with Crippen LogP contribution in [-0.2, 0) is 0 Å². The number of piperazine rings is 2. The van der Waals surface area contributed by atoms with Crippen LogP contribution in [0.25, 0.3) is 10.9 Å². The van der Waals surface area contributed by atoms with Crippen molar-refractivity contribution in [1.29, 1.82) is 0 Å². The van der Waals surface area contributed by atoms with Gasteiger partial charge in [0.15, 0.2) is 5.11 Å². The first-order chi connectivity index (χ1) is 19.0. The molecule has 0 saturated carbocycles. The Balaban J connectivity index is 1.17. The van der Waals surface area contributed by atoms with Crippen LogP contribution in [0.5, 0.6) is 0 Å². The van der Waals surface area contributed by atoms with Crippen molar-refractivity contribution in [2.45, 2.75) is 26.3 Å². The lowest BCUT2D eigenvalue weighted by Crippen LogP contribution is -2.58. The first-order valence-electron chi connectivity index (χ1n) is 14.1. The van der Waals surface area contributed by atoms with E-state index in [2.05, 4.69) is 73.2 Å². The lowest BCUT2D eigenvalue weighted by atomic mass is 10.00. The average molecular weight is 548 g/mol. The highest BCUT2D eigenvalue weighted by Crippen LogP contribution is 2.25. The van der Waals surface area contributed by atoms with Gasteiger partial charge in [0, 0.05) is 69.6 Å². The molecule has 2 aromatic heterocycles. The summed E-state index contributed by atoms with van der Waals surface area (Å²) >= 11 is 5.94. The van der Waals surface area contributed by atoms with Crippen LogP contribution < -0.4 is 15.5 Å². The molecule has 3 aromatic rings. The molecule has 0 aliphatic carbocycles. The molecule has 1 atom stereocenters. The van der Waals surface area contributed by atoms with Crippen molar-refractivity contribution in [3.63, 3.8) is 0 Å². The van der Waals surface area contributed by atoms with E-state index < -0.39 is 0 Å². The number of nitrogens with zero attached hydrogens (tertiary/aromatic N) is 7. The molecule has 2 aliphatic rings. The van der Waals surface area contributed by atoms with Crippen LogP contribution >= 0.6 is 12.2 Å². The minimum atomic E-state index is 0.258. The molecule has 0 spiro atoms. The van der Waals surface area contributed by atoms with Crippen molar-refractivity contribution in [2.75, 3.05) is 81.5 Å². The normalized spacial score (nSPS) is 19.0. The monoisotopic (exact) mass is 547 g/mol. The molecule has 0 radical (unpaired) electrons. The summed E-state index contributed by atoms with van der Waals surface area (Å²) in [5.74, 6) is 2.19. The molecule has 1 aromatic carbocycles. The second-order valence-corrected chi connectivity index (χ2v) is 11.3. The minimum absolute atomic E-state index is 0.258. The molecule has 1 unspecified atom stereocenters.